The molecule has 0 fully saturated rings. The first-order valence-corrected chi connectivity index (χ1v) is 9.42. The normalized spacial score (nSPS) is 11.7. The van der Waals surface area contributed by atoms with Crippen molar-refractivity contribution >= 4 is 17.5 Å². The van der Waals surface area contributed by atoms with Crippen LogP contribution in [0.1, 0.15) is 29.2 Å². The Morgan fingerprint density at radius 3 is 2.04 bits per heavy atom. The first-order chi connectivity index (χ1) is 13.2. The zero-order valence-corrected chi connectivity index (χ0v) is 15.8. The maximum atomic E-state index is 12.5. The van der Waals surface area contributed by atoms with Crippen LogP contribution in [-0.4, -0.2) is 5.91 Å². The fourth-order valence-electron chi connectivity index (χ4n) is 2.89. The van der Waals surface area contributed by atoms with Crippen LogP contribution in [-0.2, 0) is 17.9 Å². The van der Waals surface area contributed by atoms with E-state index in [4.69, 9.17) is 11.6 Å². The molecule has 1 unspecified atom stereocenters. The summed E-state index contributed by atoms with van der Waals surface area (Å²) in [5.41, 5.74) is 3.32. The standard InChI is InChI=1S/C23H23ClN2O/c24-21-13-11-19(12-14-21)16-25-22(20-9-5-2-6-10-20)15-23(27)26-17-18-7-3-1-4-8-18/h1-14,22,25H,15-17H2,(H,26,27). The Balaban J connectivity index is 1.61. The van der Waals surface area contributed by atoms with Crippen molar-refractivity contribution in [3.8, 4) is 0 Å². The minimum Gasteiger partial charge on any atom is -0.352 e. The fraction of sp³-hybridized carbons (Fsp3) is 0.174. The molecule has 1 atom stereocenters. The van der Waals surface area contributed by atoms with Crippen LogP contribution in [0.2, 0.25) is 5.02 Å². The van der Waals surface area contributed by atoms with Gasteiger partial charge in [-0.05, 0) is 28.8 Å². The van der Waals surface area contributed by atoms with Crippen molar-refractivity contribution in [2.24, 2.45) is 0 Å². The molecule has 0 spiro atoms. The SMILES string of the molecule is O=C(CC(NCc1ccc(Cl)cc1)c1ccccc1)NCc1ccccc1. The van der Waals surface area contributed by atoms with E-state index in [1.54, 1.807) is 0 Å². The van der Waals surface area contributed by atoms with Crippen molar-refractivity contribution in [1.82, 2.24) is 10.6 Å². The molecule has 0 saturated heterocycles. The molecule has 3 nitrogen and oxygen atoms in total. The van der Waals surface area contributed by atoms with E-state index in [1.165, 1.54) is 0 Å². The summed E-state index contributed by atoms with van der Waals surface area (Å²) in [7, 11) is 0. The summed E-state index contributed by atoms with van der Waals surface area (Å²) in [6.07, 6.45) is 0.379. The lowest BCUT2D eigenvalue weighted by molar-refractivity contribution is -0.121. The second-order valence-corrected chi connectivity index (χ2v) is 6.87. The second kappa shape index (κ2) is 9.91. The second-order valence-electron chi connectivity index (χ2n) is 6.44. The van der Waals surface area contributed by atoms with Crippen LogP contribution < -0.4 is 10.6 Å². The molecule has 4 heteroatoms. The van der Waals surface area contributed by atoms with E-state index in [1.807, 2.05) is 84.9 Å². The van der Waals surface area contributed by atoms with Gasteiger partial charge in [-0.2, -0.15) is 0 Å². The maximum Gasteiger partial charge on any atom is 0.222 e. The molecule has 0 saturated carbocycles. The van der Waals surface area contributed by atoms with Crippen molar-refractivity contribution in [3.05, 3.63) is 107 Å². The highest BCUT2D eigenvalue weighted by atomic mass is 35.5. The molecule has 2 N–H and O–H groups in total. The van der Waals surface area contributed by atoms with Gasteiger partial charge in [-0.15, -0.1) is 0 Å². The molecule has 3 aromatic rings. The molecular formula is C23H23ClN2O. The van der Waals surface area contributed by atoms with Crippen molar-refractivity contribution < 1.29 is 4.79 Å². The van der Waals surface area contributed by atoms with Crippen LogP contribution in [0, 0.1) is 0 Å². The topological polar surface area (TPSA) is 41.1 Å². The molecule has 0 radical (unpaired) electrons. The van der Waals surface area contributed by atoms with Crippen molar-refractivity contribution in [2.75, 3.05) is 0 Å². The molecule has 3 rings (SSSR count). The van der Waals surface area contributed by atoms with Crippen molar-refractivity contribution in [2.45, 2.75) is 25.6 Å². The van der Waals surface area contributed by atoms with E-state index in [0.29, 0.717) is 19.5 Å². The smallest absolute Gasteiger partial charge is 0.222 e. The van der Waals surface area contributed by atoms with Gasteiger partial charge < -0.3 is 10.6 Å². The predicted octanol–water partition coefficient (Wildman–Crippen LogP) is 4.88. The fourth-order valence-corrected chi connectivity index (χ4v) is 3.02. The average Bonchev–Trinajstić information content (AvgIpc) is 2.72. The van der Waals surface area contributed by atoms with Crippen LogP contribution in [0.4, 0.5) is 0 Å². The molecule has 0 aromatic heterocycles. The largest absolute Gasteiger partial charge is 0.352 e. The van der Waals surface area contributed by atoms with Crippen LogP contribution in [0.3, 0.4) is 0 Å². The molecule has 138 valence electrons. The average molecular weight is 379 g/mol. The summed E-state index contributed by atoms with van der Waals surface area (Å²) in [6, 6.07) is 27.7. The Morgan fingerprint density at radius 1 is 0.778 bits per heavy atom. The first-order valence-electron chi connectivity index (χ1n) is 9.04. The Bertz CT molecular complexity index is 835. The maximum absolute atomic E-state index is 12.5. The number of nitrogens with one attached hydrogen (secondary N) is 2. The quantitative estimate of drug-likeness (QED) is 0.586. The highest BCUT2D eigenvalue weighted by Gasteiger charge is 2.15. The number of hydrogen-bond donors (Lipinski definition) is 2. The number of amides is 1. The summed E-state index contributed by atoms with van der Waals surface area (Å²) < 4.78 is 0. The van der Waals surface area contributed by atoms with Gasteiger partial charge in [0, 0.05) is 30.6 Å². The zero-order chi connectivity index (χ0) is 18.9. The number of benzene rings is 3. The Morgan fingerprint density at radius 2 is 1.37 bits per heavy atom. The third-order valence-electron chi connectivity index (χ3n) is 4.39. The molecule has 0 bridgehead atoms. The lowest BCUT2D eigenvalue weighted by atomic mass is 10.0. The minimum absolute atomic E-state index is 0.0244. The molecular weight excluding hydrogens is 356 g/mol. The number of hydrogen-bond acceptors (Lipinski definition) is 2. The van der Waals surface area contributed by atoms with Crippen LogP contribution in [0.5, 0.6) is 0 Å². The summed E-state index contributed by atoms with van der Waals surface area (Å²) in [6.45, 7) is 1.21. The van der Waals surface area contributed by atoms with Crippen LogP contribution >= 0.6 is 11.6 Å². The van der Waals surface area contributed by atoms with Gasteiger partial charge in [-0.3, -0.25) is 4.79 Å². The van der Waals surface area contributed by atoms with Gasteiger partial charge in [0.15, 0.2) is 0 Å². The molecule has 0 aliphatic carbocycles. The molecule has 27 heavy (non-hydrogen) atoms. The van der Waals surface area contributed by atoms with Gasteiger partial charge in [-0.25, -0.2) is 0 Å². The highest BCUT2D eigenvalue weighted by molar-refractivity contribution is 6.30. The Kier molecular flexibility index (Phi) is 7.03. The van der Waals surface area contributed by atoms with E-state index >= 15 is 0 Å². The lowest BCUT2D eigenvalue weighted by Crippen LogP contribution is -2.30. The van der Waals surface area contributed by atoms with E-state index in [-0.39, 0.29) is 11.9 Å². The highest BCUT2D eigenvalue weighted by Crippen LogP contribution is 2.18. The summed E-state index contributed by atoms with van der Waals surface area (Å²) in [4.78, 5) is 12.5. The van der Waals surface area contributed by atoms with Gasteiger partial charge in [0.05, 0.1) is 0 Å². The molecule has 0 heterocycles. The van der Waals surface area contributed by atoms with Crippen LogP contribution in [0.25, 0.3) is 0 Å². The minimum atomic E-state index is -0.0577. The number of carbonyl (C=O) groups is 1. The number of rotatable bonds is 8. The van der Waals surface area contributed by atoms with E-state index in [0.717, 1.165) is 21.7 Å². The molecule has 0 aliphatic rings. The zero-order valence-electron chi connectivity index (χ0n) is 15.1. The van der Waals surface area contributed by atoms with Gasteiger partial charge in [0.25, 0.3) is 0 Å². The third-order valence-corrected chi connectivity index (χ3v) is 4.64. The molecule has 3 aromatic carbocycles. The van der Waals surface area contributed by atoms with Gasteiger partial charge in [0.2, 0.25) is 5.91 Å². The van der Waals surface area contributed by atoms with Gasteiger partial charge >= 0.3 is 0 Å². The summed E-state index contributed by atoms with van der Waals surface area (Å²) in [5, 5.41) is 7.23. The number of carbonyl (C=O) groups excluding carboxylic acids is 1. The van der Waals surface area contributed by atoms with Crippen molar-refractivity contribution in [1.29, 1.82) is 0 Å². The third kappa shape index (κ3) is 6.24. The van der Waals surface area contributed by atoms with E-state index in [9.17, 15) is 4.79 Å². The van der Waals surface area contributed by atoms with E-state index < -0.39 is 0 Å². The van der Waals surface area contributed by atoms with E-state index in [2.05, 4.69) is 10.6 Å². The monoisotopic (exact) mass is 378 g/mol. The molecule has 1 amide bonds. The Hall–Kier alpha value is -2.62. The first kappa shape index (κ1) is 19.2. The van der Waals surface area contributed by atoms with Crippen LogP contribution in [0.15, 0.2) is 84.9 Å². The number of halogens is 1. The van der Waals surface area contributed by atoms with Gasteiger partial charge in [-0.1, -0.05) is 84.4 Å². The van der Waals surface area contributed by atoms with Crippen molar-refractivity contribution in [3.63, 3.8) is 0 Å². The Labute approximate surface area is 165 Å². The summed E-state index contributed by atoms with van der Waals surface area (Å²) >= 11 is 5.95. The molecule has 0 aliphatic heterocycles. The predicted molar refractivity (Wildman–Crippen MR) is 110 cm³/mol. The van der Waals surface area contributed by atoms with Gasteiger partial charge in [0.1, 0.15) is 0 Å². The lowest BCUT2D eigenvalue weighted by Gasteiger charge is -2.19. The summed E-state index contributed by atoms with van der Waals surface area (Å²) in [5.74, 6) is 0.0244.